The number of aromatic nitrogens is 1. The Morgan fingerprint density at radius 2 is 1.64 bits per heavy atom. The maximum absolute atomic E-state index is 12.9. The van der Waals surface area contributed by atoms with Gasteiger partial charge >= 0.3 is 0 Å². The quantitative estimate of drug-likeness (QED) is 0.872. The Kier molecular flexibility index (Phi) is 5.12. The molecule has 2 aromatic rings. The van der Waals surface area contributed by atoms with Crippen molar-refractivity contribution in [1.29, 1.82) is 0 Å². The van der Waals surface area contributed by atoms with Gasteiger partial charge in [0.2, 0.25) is 5.91 Å². The molecule has 0 radical (unpaired) electrons. The topological polar surface area (TPSA) is 76.1 Å². The number of anilines is 1. The number of rotatable bonds is 4. The Balaban J connectivity index is 2.27. The molecule has 2 rings (SSSR count). The fraction of sp³-hybridized carbons (Fsp3) is 0.444. The standard InChI is InChI=1S/C18H24N2O3S2/c1-12-7-9-13(10-8-12)25(22,23)18(5,6)15(21)20-16-19-14(11-24-16)17(2,3)4/h7-11H,1-6H3,(H,19,20,21). The molecule has 25 heavy (non-hydrogen) atoms. The van der Waals surface area contributed by atoms with Crippen molar-refractivity contribution in [2.75, 3.05) is 5.32 Å². The van der Waals surface area contributed by atoms with Crippen LogP contribution in [0.4, 0.5) is 5.13 Å². The molecule has 1 heterocycles. The third-order valence-corrected chi connectivity index (χ3v) is 7.22. The lowest BCUT2D eigenvalue weighted by atomic mass is 9.93. The van der Waals surface area contributed by atoms with Gasteiger partial charge < -0.3 is 5.32 Å². The van der Waals surface area contributed by atoms with E-state index in [1.54, 1.807) is 12.1 Å². The molecule has 0 spiro atoms. The molecule has 7 heteroatoms. The summed E-state index contributed by atoms with van der Waals surface area (Å²) in [5.41, 5.74) is 1.67. The summed E-state index contributed by atoms with van der Waals surface area (Å²) in [4.78, 5) is 17.2. The molecule has 0 aliphatic heterocycles. The molecular weight excluding hydrogens is 356 g/mol. The first-order valence-electron chi connectivity index (χ1n) is 7.94. The highest BCUT2D eigenvalue weighted by atomic mass is 32.2. The van der Waals surface area contributed by atoms with E-state index in [1.165, 1.54) is 37.3 Å². The molecule has 0 atom stereocenters. The monoisotopic (exact) mass is 380 g/mol. The van der Waals surface area contributed by atoms with Crippen molar-refractivity contribution in [2.45, 2.75) is 56.6 Å². The van der Waals surface area contributed by atoms with E-state index in [-0.39, 0.29) is 10.3 Å². The zero-order chi connectivity index (χ0) is 19.0. The van der Waals surface area contributed by atoms with Gasteiger partial charge in [0.05, 0.1) is 10.6 Å². The van der Waals surface area contributed by atoms with Crippen LogP contribution in [0.25, 0.3) is 0 Å². The second kappa shape index (κ2) is 6.53. The minimum absolute atomic E-state index is 0.132. The number of hydrogen-bond acceptors (Lipinski definition) is 5. The number of benzene rings is 1. The molecular formula is C18H24N2O3S2. The molecule has 0 aliphatic rings. The Bertz CT molecular complexity index is 874. The van der Waals surface area contributed by atoms with Gasteiger partial charge in [0.15, 0.2) is 15.0 Å². The number of nitrogens with zero attached hydrogens (tertiary/aromatic N) is 1. The molecule has 1 aromatic heterocycles. The van der Waals surface area contributed by atoms with Crippen molar-refractivity contribution >= 4 is 32.2 Å². The van der Waals surface area contributed by atoms with Gasteiger partial charge in [-0.25, -0.2) is 13.4 Å². The van der Waals surface area contributed by atoms with Gasteiger partial charge in [-0.2, -0.15) is 0 Å². The van der Waals surface area contributed by atoms with Gasteiger partial charge in [-0.3, -0.25) is 4.79 Å². The van der Waals surface area contributed by atoms with E-state index >= 15 is 0 Å². The highest BCUT2D eigenvalue weighted by molar-refractivity contribution is 7.93. The van der Waals surface area contributed by atoms with Gasteiger partial charge in [-0.05, 0) is 32.9 Å². The number of aryl methyl sites for hydroxylation is 1. The molecule has 5 nitrogen and oxygen atoms in total. The summed E-state index contributed by atoms with van der Waals surface area (Å²) < 4.78 is 24.2. The summed E-state index contributed by atoms with van der Waals surface area (Å²) >= 11 is 1.29. The molecule has 0 bridgehead atoms. The summed E-state index contributed by atoms with van der Waals surface area (Å²) in [5.74, 6) is -0.595. The van der Waals surface area contributed by atoms with Crippen LogP contribution in [-0.2, 0) is 20.0 Å². The second-order valence-corrected chi connectivity index (χ2v) is 10.9. The molecule has 136 valence electrons. The zero-order valence-electron chi connectivity index (χ0n) is 15.4. The van der Waals surface area contributed by atoms with Crippen LogP contribution in [-0.4, -0.2) is 24.1 Å². The second-order valence-electron chi connectivity index (χ2n) is 7.57. The predicted molar refractivity (Wildman–Crippen MR) is 102 cm³/mol. The zero-order valence-corrected chi connectivity index (χ0v) is 17.0. The first-order chi connectivity index (χ1) is 11.4. The Morgan fingerprint density at radius 1 is 1.08 bits per heavy atom. The van der Waals surface area contributed by atoms with Gasteiger partial charge in [-0.15, -0.1) is 11.3 Å². The lowest BCUT2D eigenvalue weighted by Gasteiger charge is -2.23. The van der Waals surface area contributed by atoms with Crippen LogP contribution >= 0.6 is 11.3 Å². The number of hydrogen-bond donors (Lipinski definition) is 1. The molecule has 1 aromatic carbocycles. The van der Waals surface area contributed by atoms with Crippen molar-refractivity contribution in [1.82, 2.24) is 4.98 Å². The molecule has 0 unspecified atom stereocenters. The number of carbonyl (C=O) groups excluding carboxylic acids is 1. The summed E-state index contributed by atoms with van der Waals surface area (Å²) in [6.07, 6.45) is 0. The number of sulfone groups is 1. The maximum Gasteiger partial charge on any atom is 0.247 e. The molecule has 0 saturated carbocycles. The number of thiazole rings is 1. The Morgan fingerprint density at radius 3 is 2.12 bits per heavy atom. The van der Waals surface area contributed by atoms with Gasteiger partial charge in [0, 0.05) is 10.8 Å². The van der Waals surface area contributed by atoms with E-state index in [2.05, 4.69) is 10.3 Å². The lowest BCUT2D eigenvalue weighted by Crippen LogP contribution is -2.44. The summed E-state index contributed by atoms with van der Waals surface area (Å²) in [6, 6.07) is 6.50. The lowest BCUT2D eigenvalue weighted by molar-refractivity contribution is -0.117. The fourth-order valence-corrected chi connectivity index (χ4v) is 4.37. The fourth-order valence-electron chi connectivity index (χ4n) is 2.06. The number of nitrogens with one attached hydrogen (secondary N) is 1. The predicted octanol–water partition coefficient (Wildman–Crippen LogP) is 3.94. The van der Waals surface area contributed by atoms with Gasteiger partial charge in [0.1, 0.15) is 4.75 Å². The van der Waals surface area contributed by atoms with Crippen LogP contribution in [0.2, 0.25) is 0 Å². The third-order valence-electron chi connectivity index (χ3n) is 4.04. The van der Waals surface area contributed by atoms with Crippen LogP contribution in [0, 0.1) is 6.92 Å². The van der Waals surface area contributed by atoms with Crippen LogP contribution < -0.4 is 5.32 Å². The molecule has 0 fully saturated rings. The maximum atomic E-state index is 12.9. The summed E-state index contributed by atoms with van der Waals surface area (Å²) in [7, 11) is -3.83. The first-order valence-corrected chi connectivity index (χ1v) is 10.3. The van der Waals surface area contributed by atoms with Crippen LogP contribution in [0.15, 0.2) is 34.5 Å². The SMILES string of the molecule is Cc1ccc(S(=O)(=O)C(C)(C)C(=O)Nc2nc(C(C)(C)C)cs2)cc1. The van der Waals surface area contributed by atoms with Crippen LogP contribution in [0.3, 0.4) is 0 Å². The molecule has 1 amide bonds. The highest BCUT2D eigenvalue weighted by Gasteiger charge is 2.43. The van der Waals surface area contributed by atoms with E-state index in [0.717, 1.165) is 11.3 Å². The average Bonchev–Trinajstić information content (AvgIpc) is 2.96. The average molecular weight is 381 g/mol. The van der Waals surface area contributed by atoms with Crippen LogP contribution in [0.1, 0.15) is 45.9 Å². The number of amides is 1. The molecule has 1 N–H and O–H groups in total. The van der Waals surface area contributed by atoms with Crippen molar-refractivity contribution in [3.8, 4) is 0 Å². The van der Waals surface area contributed by atoms with Crippen molar-refractivity contribution in [2.24, 2.45) is 0 Å². The number of carbonyl (C=O) groups is 1. The van der Waals surface area contributed by atoms with Crippen molar-refractivity contribution in [3.05, 3.63) is 40.9 Å². The minimum atomic E-state index is -3.83. The highest BCUT2D eigenvalue weighted by Crippen LogP contribution is 2.30. The summed E-state index contributed by atoms with van der Waals surface area (Å²) in [6.45, 7) is 10.8. The summed E-state index contributed by atoms with van der Waals surface area (Å²) in [5, 5.41) is 4.93. The Hall–Kier alpha value is -1.73. The largest absolute Gasteiger partial charge is 0.301 e. The van der Waals surface area contributed by atoms with Gasteiger partial charge in [0.25, 0.3) is 0 Å². The minimum Gasteiger partial charge on any atom is -0.301 e. The van der Waals surface area contributed by atoms with Crippen molar-refractivity contribution < 1.29 is 13.2 Å². The van der Waals surface area contributed by atoms with Gasteiger partial charge in [-0.1, -0.05) is 38.5 Å². The third kappa shape index (κ3) is 3.93. The van der Waals surface area contributed by atoms with E-state index < -0.39 is 20.5 Å². The van der Waals surface area contributed by atoms with E-state index in [1.807, 2.05) is 33.1 Å². The van der Waals surface area contributed by atoms with E-state index in [9.17, 15) is 13.2 Å². The normalized spacial score (nSPS) is 12.9. The first kappa shape index (κ1) is 19.6. The smallest absolute Gasteiger partial charge is 0.247 e. The Labute approximate surface area is 153 Å². The van der Waals surface area contributed by atoms with Crippen LogP contribution in [0.5, 0.6) is 0 Å². The van der Waals surface area contributed by atoms with E-state index in [4.69, 9.17) is 0 Å². The molecule has 0 aliphatic carbocycles. The molecule has 0 saturated heterocycles. The van der Waals surface area contributed by atoms with E-state index in [0.29, 0.717) is 5.13 Å². The van der Waals surface area contributed by atoms with Crippen molar-refractivity contribution in [3.63, 3.8) is 0 Å².